The van der Waals surface area contributed by atoms with Crippen LogP contribution in [0.5, 0.6) is 5.75 Å². The predicted molar refractivity (Wildman–Crippen MR) is 74.8 cm³/mol. The van der Waals surface area contributed by atoms with E-state index in [1.54, 1.807) is 7.11 Å². The van der Waals surface area contributed by atoms with Gasteiger partial charge >= 0.3 is 0 Å². The van der Waals surface area contributed by atoms with Crippen LogP contribution in [0.4, 0.5) is 0 Å². The van der Waals surface area contributed by atoms with Crippen molar-refractivity contribution >= 4 is 5.57 Å². The Kier molecular flexibility index (Phi) is 2.67. The highest BCUT2D eigenvalue weighted by atomic mass is 16.5. The molecule has 0 N–H and O–H groups in total. The van der Waals surface area contributed by atoms with Gasteiger partial charge in [-0.1, -0.05) is 42.0 Å². The van der Waals surface area contributed by atoms with Gasteiger partial charge in [-0.3, -0.25) is 0 Å². The second-order valence-electron chi connectivity index (χ2n) is 4.72. The summed E-state index contributed by atoms with van der Waals surface area (Å²) in [4.78, 5) is 0. The minimum atomic E-state index is 0.906. The van der Waals surface area contributed by atoms with Crippen LogP contribution < -0.4 is 4.74 Å². The van der Waals surface area contributed by atoms with Crippen molar-refractivity contribution < 1.29 is 4.74 Å². The van der Waals surface area contributed by atoms with E-state index in [0.29, 0.717) is 0 Å². The summed E-state index contributed by atoms with van der Waals surface area (Å²) in [5, 5.41) is 0. The Labute approximate surface area is 108 Å². The van der Waals surface area contributed by atoms with Gasteiger partial charge in [-0.2, -0.15) is 0 Å². The fraction of sp³-hybridized carbons (Fsp3) is 0.176. The minimum absolute atomic E-state index is 0.906. The normalized spacial score (nSPS) is 13.7. The third kappa shape index (κ3) is 1.72. The third-order valence-corrected chi connectivity index (χ3v) is 3.55. The van der Waals surface area contributed by atoms with Gasteiger partial charge in [-0.05, 0) is 47.7 Å². The smallest absolute Gasteiger partial charge is 0.118 e. The summed E-state index contributed by atoms with van der Waals surface area (Å²) >= 11 is 0. The van der Waals surface area contributed by atoms with E-state index >= 15 is 0 Å². The number of hydrogen-bond acceptors (Lipinski definition) is 1. The van der Waals surface area contributed by atoms with Gasteiger partial charge in [-0.15, -0.1) is 0 Å². The minimum Gasteiger partial charge on any atom is -0.497 e. The number of hydrogen-bond donors (Lipinski definition) is 0. The van der Waals surface area contributed by atoms with Crippen LogP contribution in [-0.4, -0.2) is 7.11 Å². The maximum absolute atomic E-state index is 5.21. The fourth-order valence-corrected chi connectivity index (χ4v) is 2.68. The number of ether oxygens (including phenoxy) is 1. The highest BCUT2D eigenvalue weighted by Gasteiger charge is 2.19. The highest BCUT2D eigenvalue weighted by Crippen LogP contribution is 2.37. The van der Waals surface area contributed by atoms with Crippen molar-refractivity contribution in [3.05, 3.63) is 70.8 Å². The molecule has 0 atom stereocenters. The predicted octanol–water partition coefficient (Wildman–Crippen LogP) is 4.07. The van der Waals surface area contributed by atoms with Crippen LogP contribution >= 0.6 is 0 Å². The molecule has 0 aliphatic heterocycles. The summed E-state index contributed by atoms with van der Waals surface area (Å²) in [7, 11) is 1.70. The van der Waals surface area contributed by atoms with Crippen LogP contribution in [0.15, 0.2) is 54.1 Å². The molecule has 18 heavy (non-hydrogen) atoms. The van der Waals surface area contributed by atoms with Gasteiger partial charge in [0, 0.05) is 0 Å². The van der Waals surface area contributed by atoms with Crippen LogP contribution in [-0.2, 0) is 6.42 Å². The highest BCUT2D eigenvalue weighted by molar-refractivity contribution is 5.87. The number of methoxy groups -OCH3 is 1. The molecule has 2 aromatic carbocycles. The Balaban J connectivity index is 2.08. The van der Waals surface area contributed by atoms with Crippen molar-refractivity contribution in [2.24, 2.45) is 0 Å². The van der Waals surface area contributed by atoms with Gasteiger partial charge in [0.1, 0.15) is 5.75 Å². The van der Waals surface area contributed by atoms with Crippen LogP contribution in [0.2, 0.25) is 0 Å². The van der Waals surface area contributed by atoms with E-state index in [0.717, 1.165) is 12.2 Å². The number of benzene rings is 2. The quantitative estimate of drug-likeness (QED) is 0.763. The molecule has 0 bridgehead atoms. The first kappa shape index (κ1) is 11.1. The SMILES string of the molecule is COc1ccc(C2=C(C)Cc3ccccc32)cc1. The maximum Gasteiger partial charge on any atom is 0.118 e. The molecule has 0 saturated carbocycles. The number of rotatable bonds is 2. The maximum atomic E-state index is 5.21. The average molecular weight is 236 g/mol. The Hall–Kier alpha value is -2.02. The molecule has 1 nitrogen and oxygen atoms in total. The standard InChI is InChI=1S/C17H16O/c1-12-11-14-5-3-4-6-16(14)17(12)13-7-9-15(18-2)10-8-13/h3-10H,11H2,1-2H3. The van der Waals surface area contributed by atoms with Gasteiger partial charge in [0.25, 0.3) is 0 Å². The van der Waals surface area contributed by atoms with Crippen molar-refractivity contribution in [2.75, 3.05) is 7.11 Å². The van der Waals surface area contributed by atoms with E-state index in [2.05, 4.69) is 43.3 Å². The zero-order chi connectivity index (χ0) is 12.5. The molecule has 0 amide bonds. The zero-order valence-electron chi connectivity index (χ0n) is 10.7. The van der Waals surface area contributed by atoms with E-state index < -0.39 is 0 Å². The topological polar surface area (TPSA) is 9.23 Å². The molecule has 1 aliphatic rings. The first-order valence-electron chi connectivity index (χ1n) is 6.22. The van der Waals surface area contributed by atoms with E-state index in [4.69, 9.17) is 4.74 Å². The van der Waals surface area contributed by atoms with Crippen LogP contribution in [0.3, 0.4) is 0 Å². The number of fused-ring (bicyclic) bond motifs is 1. The van der Waals surface area contributed by atoms with Crippen molar-refractivity contribution in [3.8, 4) is 5.75 Å². The number of allylic oxidation sites excluding steroid dienone is 1. The van der Waals surface area contributed by atoms with Gasteiger partial charge < -0.3 is 4.74 Å². The van der Waals surface area contributed by atoms with Crippen molar-refractivity contribution in [2.45, 2.75) is 13.3 Å². The lowest BCUT2D eigenvalue weighted by Gasteiger charge is -2.08. The van der Waals surface area contributed by atoms with Crippen molar-refractivity contribution in [3.63, 3.8) is 0 Å². The van der Waals surface area contributed by atoms with Crippen molar-refractivity contribution in [1.82, 2.24) is 0 Å². The molecule has 0 spiro atoms. The Morgan fingerprint density at radius 3 is 2.39 bits per heavy atom. The summed E-state index contributed by atoms with van der Waals surface area (Å²) in [6.45, 7) is 2.22. The molecule has 90 valence electrons. The van der Waals surface area contributed by atoms with Crippen LogP contribution in [0.25, 0.3) is 5.57 Å². The average Bonchev–Trinajstić information content (AvgIpc) is 2.75. The molecule has 1 heteroatoms. The van der Waals surface area contributed by atoms with Crippen molar-refractivity contribution in [1.29, 1.82) is 0 Å². The van der Waals surface area contributed by atoms with Gasteiger partial charge in [0.15, 0.2) is 0 Å². The summed E-state index contributed by atoms with van der Waals surface area (Å²) in [6, 6.07) is 17.0. The molecule has 2 aromatic rings. The van der Waals surface area contributed by atoms with E-state index in [9.17, 15) is 0 Å². The summed E-state index contributed by atoms with van der Waals surface area (Å²) in [5.41, 5.74) is 6.91. The lowest BCUT2D eigenvalue weighted by molar-refractivity contribution is 0.415. The largest absolute Gasteiger partial charge is 0.497 e. The monoisotopic (exact) mass is 236 g/mol. The van der Waals surface area contributed by atoms with Gasteiger partial charge in [0.05, 0.1) is 7.11 Å². The molecular formula is C17H16O. The zero-order valence-corrected chi connectivity index (χ0v) is 10.7. The molecule has 0 fully saturated rings. The van der Waals surface area contributed by atoms with E-state index in [1.165, 1.54) is 27.8 Å². The first-order valence-corrected chi connectivity index (χ1v) is 6.22. The Morgan fingerprint density at radius 1 is 0.944 bits per heavy atom. The third-order valence-electron chi connectivity index (χ3n) is 3.55. The van der Waals surface area contributed by atoms with Crippen LogP contribution in [0.1, 0.15) is 23.6 Å². The van der Waals surface area contributed by atoms with Gasteiger partial charge in [-0.25, -0.2) is 0 Å². The molecule has 0 saturated heterocycles. The summed E-state index contributed by atoms with van der Waals surface area (Å²) in [6.07, 6.45) is 1.07. The Bertz CT molecular complexity index is 606. The molecule has 3 rings (SSSR count). The molecule has 0 aromatic heterocycles. The lowest BCUT2D eigenvalue weighted by Crippen LogP contribution is -1.88. The van der Waals surface area contributed by atoms with E-state index in [1.807, 2.05) is 12.1 Å². The van der Waals surface area contributed by atoms with E-state index in [-0.39, 0.29) is 0 Å². The van der Waals surface area contributed by atoms with Gasteiger partial charge in [0.2, 0.25) is 0 Å². The summed E-state index contributed by atoms with van der Waals surface area (Å²) in [5.74, 6) is 0.906. The molecular weight excluding hydrogens is 220 g/mol. The second kappa shape index (κ2) is 4.34. The molecule has 0 radical (unpaired) electrons. The Morgan fingerprint density at radius 2 is 1.67 bits per heavy atom. The molecule has 0 heterocycles. The molecule has 1 aliphatic carbocycles. The van der Waals surface area contributed by atoms with Crippen LogP contribution in [0, 0.1) is 0 Å². The fourth-order valence-electron chi connectivity index (χ4n) is 2.68. The molecule has 0 unspecified atom stereocenters. The lowest BCUT2D eigenvalue weighted by atomic mass is 9.98. The first-order chi connectivity index (χ1) is 8.79. The second-order valence-corrected chi connectivity index (χ2v) is 4.72. The summed E-state index contributed by atoms with van der Waals surface area (Å²) < 4.78 is 5.21.